The fraction of sp³-hybridized carbons (Fsp3) is 0.400. The van der Waals surface area contributed by atoms with Crippen LogP contribution in [0, 0.1) is 6.92 Å². The molecule has 9 nitrogen and oxygen atoms in total. The Morgan fingerprint density at radius 3 is 2.93 bits per heavy atom. The number of fused-ring (bicyclic) bond motifs is 1. The van der Waals surface area contributed by atoms with Gasteiger partial charge in [0.2, 0.25) is 11.8 Å². The van der Waals surface area contributed by atoms with E-state index in [2.05, 4.69) is 25.2 Å². The molecule has 1 N–H and O–H groups in total. The number of imidazole rings is 1. The van der Waals surface area contributed by atoms with Crippen molar-refractivity contribution in [3.8, 4) is 5.88 Å². The van der Waals surface area contributed by atoms with Crippen molar-refractivity contribution in [1.29, 1.82) is 0 Å². The summed E-state index contributed by atoms with van der Waals surface area (Å²) in [4.78, 5) is 27.5. The van der Waals surface area contributed by atoms with Gasteiger partial charge in [-0.2, -0.15) is 4.98 Å². The van der Waals surface area contributed by atoms with Crippen LogP contribution in [-0.2, 0) is 16.1 Å². The second kappa shape index (κ2) is 8.87. The Kier molecular flexibility index (Phi) is 5.85. The highest BCUT2D eigenvalue weighted by Crippen LogP contribution is 2.18. The van der Waals surface area contributed by atoms with Gasteiger partial charge >= 0.3 is 0 Å². The average molecular weight is 396 g/mol. The zero-order valence-electron chi connectivity index (χ0n) is 16.4. The van der Waals surface area contributed by atoms with E-state index in [4.69, 9.17) is 9.47 Å². The van der Waals surface area contributed by atoms with Crippen molar-refractivity contribution in [3.63, 3.8) is 0 Å². The second-order valence-electron chi connectivity index (χ2n) is 6.77. The molecule has 29 heavy (non-hydrogen) atoms. The molecule has 0 aliphatic carbocycles. The van der Waals surface area contributed by atoms with Crippen LogP contribution in [0.4, 0.5) is 5.82 Å². The van der Waals surface area contributed by atoms with Crippen LogP contribution in [0.15, 0.2) is 36.7 Å². The number of morpholine rings is 1. The van der Waals surface area contributed by atoms with E-state index in [1.54, 1.807) is 6.33 Å². The van der Waals surface area contributed by atoms with Crippen molar-refractivity contribution in [2.45, 2.75) is 13.5 Å². The van der Waals surface area contributed by atoms with Crippen LogP contribution in [0.1, 0.15) is 5.82 Å². The van der Waals surface area contributed by atoms with Crippen molar-refractivity contribution < 1.29 is 14.3 Å². The monoisotopic (exact) mass is 396 g/mol. The molecule has 0 unspecified atom stereocenters. The molecule has 0 radical (unpaired) electrons. The molecule has 1 fully saturated rings. The van der Waals surface area contributed by atoms with Gasteiger partial charge in [0, 0.05) is 19.2 Å². The fourth-order valence-corrected chi connectivity index (χ4v) is 3.25. The lowest BCUT2D eigenvalue weighted by Gasteiger charge is -2.28. The first-order chi connectivity index (χ1) is 14.2. The summed E-state index contributed by atoms with van der Waals surface area (Å²) in [5, 5.41) is 2.87. The summed E-state index contributed by atoms with van der Waals surface area (Å²) >= 11 is 0. The molecular formula is C20H24N6O3. The summed E-state index contributed by atoms with van der Waals surface area (Å²) in [6, 6.07) is 9.56. The smallest absolute Gasteiger partial charge is 0.240 e. The minimum absolute atomic E-state index is 0.0929. The van der Waals surface area contributed by atoms with Crippen molar-refractivity contribution in [2.24, 2.45) is 0 Å². The Balaban J connectivity index is 1.27. The van der Waals surface area contributed by atoms with E-state index < -0.39 is 0 Å². The number of benzene rings is 1. The quantitative estimate of drug-likeness (QED) is 0.599. The maximum atomic E-state index is 12.2. The van der Waals surface area contributed by atoms with Gasteiger partial charge in [-0.05, 0) is 19.1 Å². The lowest BCUT2D eigenvalue weighted by molar-refractivity contribution is -0.121. The third kappa shape index (κ3) is 4.80. The van der Waals surface area contributed by atoms with Crippen LogP contribution in [-0.4, -0.2) is 64.9 Å². The molecule has 3 heterocycles. The van der Waals surface area contributed by atoms with Crippen LogP contribution in [0.3, 0.4) is 0 Å². The number of carbonyl (C=O) groups excluding carboxylic acids is 1. The van der Waals surface area contributed by atoms with Gasteiger partial charge < -0.3 is 24.3 Å². The molecule has 152 valence electrons. The van der Waals surface area contributed by atoms with Gasteiger partial charge in [0.05, 0.1) is 37.1 Å². The molecule has 2 aromatic heterocycles. The predicted molar refractivity (Wildman–Crippen MR) is 108 cm³/mol. The summed E-state index contributed by atoms with van der Waals surface area (Å²) in [6.45, 7) is 5.76. The first-order valence-electron chi connectivity index (χ1n) is 9.67. The molecule has 0 spiro atoms. The molecule has 1 saturated heterocycles. The van der Waals surface area contributed by atoms with Crippen LogP contribution < -0.4 is 15.0 Å². The number of ether oxygens (including phenoxy) is 2. The number of para-hydroxylation sites is 2. The van der Waals surface area contributed by atoms with Gasteiger partial charge in [0.25, 0.3) is 0 Å². The summed E-state index contributed by atoms with van der Waals surface area (Å²) in [6.07, 6.45) is 1.68. The summed E-state index contributed by atoms with van der Waals surface area (Å²) in [7, 11) is 0. The van der Waals surface area contributed by atoms with Gasteiger partial charge in [-0.15, -0.1) is 0 Å². The molecule has 9 heteroatoms. The summed E-state index contributed by atoms with van der Waals surface area (Å²) in [5.41, 5.74) is 1.81. The van der Waals surface area contributed by atoms with E-state index in [9.17, 15) is 4.79 Å². The van der Waals surface area contributed by atoms with Crippen LogP contribution in [0.25, 0.3) is 11.0 Å². The van der Waals surface area contributed by atoms with E-state index >= 15 is 0 Å². The molecule has 1 amide bonds. The molecule has 0 bridgehead atoms. The van der Waals surface area contributed by atoms with Gasteiger partial charge in [0.1, 0.15) is 24.8 Å². The number of rotatable bonds is 7. The third-order valence-electron chi connectivity index (χ3n) is 4.65. The molecule has 1 aliphatic heterocycles. The topological polar surface area (TPSA) is 94.4 Å². The number of amides is 1. The molecule has 1 aromatic carbocycles. The Bertz CT molecular complexity index is 983. The molecular weight excluding hydrogens is 372 g/mol. The van der Waals surface area contributed by atoms with Crippen molar-refractivity contribution in [2.75, 3.05) is 44.4 Å². The number of anilines is 1. The number of carbonyl (C=O) groups is 1. The first-order valence-corrected chi connectivity index (χ1v) is 9.67. The Morgan fingerprint density at radius 1 is 1.24 bits per heavy atom. The highest BCUT2D eigenvalue weighted by Gasteiger charge is 2.14. The van der Waals surface area contributed by atoms with E-state index in [1.165, 1.54) is 0 Å². The van der Waals surface area contributed by atoms with Crippen molar-refractivity contribution in [1.82, 2.24) is 24.8 Å². The number of nitrogens with one attached hydrogen (secondary N) is 1. The zero-order chi connectivity index (χ0) is 20.1. The lowest BCUT2D eigenvalue weighted by Crippen LogP contribution is -2.37. The van der Waals surface area contributed by atoms with Gasteiger partial charge in [-0.3, -0.25) is 4.79 Å². The normalized spacial score (nSPS) is 14.2. The predicted octanol–water partition coefficient (Wildman–Crippen LogP) is 1.17. The van der Waals surface area contributed by atoms with Gasteiger partial charge in [0.15, 0.2) is 0 Å². The number of aromatic nitrogens is 4. The third-order valence-corrected chi connectivity index (χ3v) is 4.65. The zero-order valence-corrected chi connectivity index (χ0v) is 16.4. The summed E-state index contributed by atoms with van der Waals surface area (Å²) in [5.74, 6) is 1.91. The molecule has 0 saturated carbocycles. The highest BCUT2D eigenvalue weighted by molar-refractivity contribution is 5.80. The van der Waals surface area contributed by atoms with Gasteiger partial charge in [-0.25, -0.2) is 9.97 Å². The Morgan fingerprint density at radius 2 is 2.07 bits per heavy atom. The maximum Gasteiger partial charge on any atom is 0.240 e. The molecule has 0 atom stereocenters. The number of hydrogen-bond donors (Lipinski definition) is 1. The minimum Gasteiger partial charge on any atom is -0.476 e. The number of nitrogens with zero attached hydrogens (tertiary/aromatic N) is 5. The van der Waals surface area contributed by atoms with Crippen LogP contribution in [0.5, 0.6) is 5.88 Å². The van der Waals surface area contributed by atoms with E-state index in [0.29, 0.717) is 38.1 Å². The molecule has 4 rings (SSSR count). The van der Waals surface area contributed by atoms with Crippen molar-refractivity contribution >= 4 is 22.8 Å². The van der Waals surface area contributed by atoms with Crippen LogP contribution >= 0.6 is 0 Å². The summed E-state index contributed by atoms with van der Waals surface area (Å²) < 4.78 is 12.9. The number of aryl methyl sites for hydroxylation is 1. The fourth-order valence-electron chi connectivity index (χ4n) is 3.25. The lowest BCUT2D eigenvalue weighted by atomic mass is 10.3. The standard InChI is InChI=1S/C20H24N6O3/c1-15-23-18(25-7-10-28-11-8-25)12-20(24-15)29-9-6-21-19(27)13-26-14-22-16-4-2-3-5-17(16)26/h2-5,12,14H,6-11,13H2,1H3,(H,21,27). The maximum absolute atomic E-state index is 12.2. The largest absolute Gasteiger partial charge is 0.476 e. The van der Waals surface area contributed by atoms with E-state index in [0.717, 1.165) is 29.9 Å². The van der Waals surface area contributed by atoms with Crippen LogP contribution in [0.2, 0.25) is 0 Å². The van der Waals surface area contributed by atoms with Gasteiger partial charge in [-0.1, -0.05) is 12.1 Å². The molecule has 1 aliphatic rings. The highest BCUT2D eigenvalue weighted by atomic mass is 16.5. The SMILES string of the molecule is Cc1nc(OCCNC(=O)Cn2cnc3ccccc32)cc(N2CCOCC2)n1. The Hall–Kier alpha value is -3.20. The minimum atomic E-state index is -0.0929. The first kappa shape index (κ1) is 19.1. The molecule has 3 aromatic rings. The van der Waals surface area contributed by atoms with Crippen molar-refractivity contribution in [3.05, 3.63) is 42.5 Å². The van der Waals surface area contributed by atoms with E-state index in [-0.39, 0.29) is 12.5 Å². The Labute approximate surface area is 168 Å². The second-order valence-corrected chi connectivity index (χ2v) is 6.77. The van der Waals surface area contributed by atoms with E-state index in [1.807, 2.05) is 41.8 Å². The number of hydrogen-bond acceptors (Lipinski definition) is 7. The average Bonchev–Trinajstić information content (AvgIpc) is 3.14.